The lowest BCUT2D eigenvalue weighted by atomic mass is 10.2. The van der Waals surface area contributed by atoms with Crippen LogP contribution in [0.3, 0.4) is 0 Å². The molecule has 20 heavy (non-hydrogen) atoms. The van der Waals surface area contributed by atoms with E-state index in [2.05, 4.69) is 10.6 Å². The molecule has 1 unspecified atom stereocenters. The first kappa shape index (κ1) is 14.3. The van der Waals surface area contributed by atoms with Crippen molar-refractivity contribution in [2.24, 2.45) is 0 Å². The van der Waals surface area contributed by atoms with Gasteiger partial charge >= 0.3 is 0 Å². The number of amides is 2. The number of anilines is 1. The summed E-state index contributed by atoms with van der Waals surface area (Å²) in [6.07, 6.45) is 2.31. The van der Waals surface area contributed by atoms with Gasteiger partial charge in [0, 0.05) is 6.04 Å². The van der Waals surface area contributed by atoms with Crippen molar-refractivity contribution in [1.29, 1.82) is 0 Å². The molecule has 1 atom stereocenters. The number of carbonyl (C=O) groups excluding carboxylic acids is 2. The lowest BCUT2D eigenvalue weighted by molar-refractivity contribution is 0.0942. The second kappa shape index (κ2) is 6.38. The Morgan fingerprint density at radius 1 is 1.30 bits per heavy atom. The van der Waals surface area contributed by atoms with Gasteiger partial charge in [-0.2, -0.15) is 0 Å². The van der Waals surface area contributed by atoms with E-state index in [1.807, 2.05) is 13.8 Å². The number of carbonyl (C=O) groups is 2. The molecule has 6 heteroatoms. The Bertz CT molecular complexity index is 589. The van der Waals surface area contributed by atoms with Gasteiger partial charge in [0.05, 0.1) is 16.1 Å². The van der Waals surface area contributed by atoms with Gasteiger partial charge in [-0.1, -0.05) is 6.92 Å². The minimum absolute atomic E-state index is 0.122. The molecular weight excluding hydrogens is 276 g/mol. The maximum atomic E-state index is 11.9. The zero-order chi connectivity index (χ0) is 14.5. The van der Waals surface area contributed by atoms with Gasteiger partial charge in [0.15, 0.2) is 5.76 Å². The Labute approximate surface area is 121 Å². The monoisotopic (exact) mass is 292 g/mol. The Kier molecular flexibility index (Phi) is 4.57. The largest absolute Gasteiger partial charge is 0.459 e. The predicted octanol–water partition coefficient (Wildman–Crippen LogP) is 3.12. The van der Waals surface area contributed by atoms with Crippen LogP contribution in [0.15, 0.2) is 34.9 Å². The third-order valence-corrected chi connectivity index (χ3v) is 3.80. The zero-order valence-electron chi connectivity index (χ0n) is 11.3. The van der Waals surface area contributed by atoms with Crippen LogP contribution < -0.4 is 10.6 Å². The van der Waals surface area contributed by atoms with Crippen molar-refractivity contribution >= 4 is 28.2 Å². The van der Waals surface area contributed by atoms with Crippen molar-refractivity contribution < 1.29 is 14.0 Å². The second-order valence-electron chi connectivity index (χ2n) is 4.38. The molecule has 2 aromatic heterocycles. The van der Waals surface area contributed by atoms with Gasteiger partial charge in [-0.05, 0) is 37.6 Å². The molecule has 0 saturated carbocycles. The number of nitrogens with one attached hydrogen (secondary N) is 2. The molecule has 2 aromatic rings. The van der Waals surface area contributed by atoms with Crippen LogP contribution in [0.2, 0.25) is 0 Å². The molecule has 0 spiro atoms. The highest BCUT2D eigenvalue weighted by Gasteiger charge is 2.14. The molecule has 2 heterocycles. The van der Waals surface area contributed by atoms with Gasteiger partial charge in [-0.25, -0.2) is 0 Å². The highest BCUT2D eigenvalue weighted by Crippen LogP contribution is 2.22. The van der Waals surface area contributed by atoms with E-state index in [0.29, 0.717) is 9.88 Å². The van der Waals surface area contributed by atoms with Crippen LogP contribution in [0.5, 0.6) is 0 Å². The fourth-order valence-electron chi connectivity index (χ4n) is 1.51. The van der Waals surface area contributed by atoms with E-state index in [1.54, 1.807) is 24.3 Å². The lowest BCUT2D eigenvalue weighted by Gasteiger charge is -2.09. The summed E-state index contributed by atoms with van der Waals surface area (Å²) in [6.45, 7) is 3.96. The SMILES string of the molecule is CCC(C)NC(=O)c1ccc(NC(=O)c2ccco2)s1. The summed E-state index contributed by atoms with van der Waals surface area (Å²) in [4.78, 5) is 24.3. The predicted molar refractivity (Wildman–Crippen MR) is 78.2 cm³/mol. The molecule has 106 valence electrons. The van der Waals surface area contributed by atoms with Crippen LogP contribution in [0.1, 0.15) is 40.5 Å². The van der Waals surface area contributed by atoms with Crippen LogP contribution in [-0.2, 0) is 0 Å². The molecule has 0 bridgehead atoms. The molecule has 2 amide bonds. The summed E-state index contributed by atoms with van der Waals surface area (Å²) in [7, 11) is 0. The van der Waals surface area contributed by atoms with E-state index in [9.17, 15) is 9.59 Å². The van der Waals surface area contributed by atoms with Gasteiger partial charge in [0.25, 0.3) is 11.8 Å². The van der Waals surface area contributed by atoms with Crippen LogP contribution >= 0.6 is 11.3 Å². The molecular formula is C14H16N2O3S. The van der Waals surface area contributed by atoms with Crippen molar-refractivity contribution in [2.75, 3.05) is 5.32 Å². The normalized spacial score (nSPS) is 11.9. The second-order valence-corrected chi connectivity index (χ2v) is 5.46. The van der Waals surface area contributed by atoms with E-state index in [4.69, 9.17) is 4.42 Å². The zero-order valence-corrected chi connectivity index (χ0v) is 12.1. The summed E-state index contributed by atoms with van der Waals surface area (Å²) < 4.78 is 5.00. The first-order valence-electron chi connectivity index (χ1n) is 6.35. The first-order valence-corrected chi connectivity index (χ1v) is 7.17. The summed E-state index contributed by atoms with van der Waals surface area (Å²) in [6, 6.07) is 6.76. The third-order valence-electron chi connectivity index (χ3n) is 2.80. The van der Waals surface area contributed by atoms with Crippen molar-refractivity contribution in [3.8, 4) is 0 Å². The van der Waals surface area contributed by atoms with Gasteiger partial charge in [-0.3, -0.25) is 9.59 Å². The maximum absolute atomic E-state index is 11.9. The van der Waals surface area contributed by atoms with Crippen molar-refractivity contribution in [2.45, 2.75) is 26.3 Å². The van der Waals surface area contributed by atoms with Crippen LogP contribution in [0, 0.1) is 0 Å². The number of furan rings is 1. The third kappa shape index (κ3) is 3.48. The molecule has 0 saturated heterocycles. The fourth-order valence-corrected chi connectivity index (χ4v) is 2.31. The first-order chi connectivity index (χ1) is 9.60. The molecule has 2 rings (SSSR count). The summed E-state index contributed by atoms with van der Waals surface area (Å²) in [5, 5.41) is 6.18. The van der Waals surface area contributed by atoms with Crippen molar-refractivity contribution in [3.63, 3.8) is 0 Å². The van der Waals surface area contributed by atoms with E-state index < -0.39 is 0 Å². The van der Waals surface area contributed by atoms with E-state index >= 15 is 0 Å². The Hall–Kier alpha value is -2.08. The molecule has 0 aliphatic heterocycles. The topological polar surface area (TPSA) is 71.3 Å². The minimum atomic E-state index is -0.328. The summed E-state index contributed by atoms with van der Waals surface area (Å²) >= 11 is 1.23. The molecule has 5 nitrogen and oxygen atoms in total. The number of hydrogen-bond donors (Lipinski definition) is 2. The van der Waals surface area contributed by atoms with Crippen LogP contribution in [0.25, 0.3) is 0 Å². The van der Waals surface area contributed by atoms with Gasteiger partial charge in [0.1, 0.15) is 0 Å². The smallest absolute Gasteiger partial charge is 0.291 e. The van der Waals surface area contributed by atoms with Gasteiger partial charge < -0.3 is 15.1 Å². The Balaban J connectivity index is 1.99. The highest BCUT2D eigenvalue weighted by molar-refractivity contribution is 7.18. The maximum Gasteiger partial charge on any atom is 0.291 e. The van der Waals surface area contributed by atoms with E-state index in [1.165, 1.54) is 17.6 Å². The quantitative estimate of drug-likeness (QED) is 0.889. The lowest BCUT2D eigenvalue weighted by Crippen LogP contribution is -2.31. The Morgan fingerprint density at radius 2 is 2.10 bits per heavy atom. The number of thiophene rings is 1. The minimum Gasteiger partial charge on any atom is -0.459 e. The van der Waals surface area contributed by atoms with Gasteiger partial charge in [-0.15, -0.1) is 11.3 Å². The van der Waals surface area contributed by atoms with E-state index in [-0.39, 0.29) is 23.6 Å². The molecule has 0 aliphatic carbocycles. The van der Waals surface area contributed by atoms with Crippen LogP contribution in [-0.4, -0.2) is 17.9 Å². The van der Waals surface area contributed by atoms with Crippen molar-refractivity contribution in [1.82, 2.24) is 5.32 Å². The molecule has 0 radical (unpaired) electrons. The number of hydrogen-bond acceptors (Lipinski definition) is 4. The van der Waals surface area contributed by atoms with Gasteiger partial charge in [0.2, 0.25) is 0 Å². The number of rotatable bonds is 5. The highest BCUT2D eigenvalue weighted by atomic mass is 32.1. The molecule has 0 aliphatic rings. The molecule has 0 aromatic carbocycles. The molecule has 0 fully saturated rings. The summed E-state index contributed by atoms with van der Waals surface area (Å²) in [5.41, 5.74) is 0. The average Bonchev–Trinajstić information content (AvgIpc) is 3.09. The fraction of sp³-hybridized carbons (Fsp3) is 0.286. The van der Waals surface area contributed by atoms with E-state index in [0.717, 1.165) is 6.42 Å². The van der Waals surface area contributed by atoms with Crippen LogP contribution in [0.4, 0.5) is 5.00 Å². The standard InChI is InChI=1S/C14H16N2O3S/c1-3-9(2)15-14(18)11-6-7-12(20-11)16-13(17)10-5-4-8-19-10/h4-9H,3H2,1-2H3,(H,15,18)(H,16,17). The van der Waals surface area contributed by atoms with Crippen molar-refractivity contribution in [3.05, 3.63) is 41.2 Å². The average molecular weight is 292 g/mol. The molecule has 2 N–H and O–H groups in total. The summed E-state index contributed by atoms with van der Waals surface area (Å²) in [5.74, 6) is -0.211. The Morgan fingerprint density at radius 3 is 2.75 bits per heavy atom.